The van der Waals surface area contributed by atoms with Gasteiger partial charge in [0.1, 0.15) is 22.5 Å². The number of carbonyl (C=O) groups excluding carboxylic acids is 2. The summed E-state index contributed by atoms with van der Waals surface area (Å²) in [5.41, 5.74) is 4.47. The first-order valence-electron chi connectivity index (χ1n) is 14.8. The Balaban J connectivity index is 1.56. The van der Waals surface area contributed by atoms with E-state index >= 15 is 0 Å². The van der Waals surface area contributed by atoms with Gasteiger partial charge in [-0.05, 0) is 73.6 Å². The largest absolute Gasteiger partial charge is 0.465 e. The Labute approximate surface area is 252 Å². The molecule has 1 amide bonds. The van der Waals surface area contributed by atoms with Gasteiger partial charge in [0, 0.05) is 25.6 Å². The van der Waals surface area contributed by atoms with Crippen molar-refractivity contribution in [3.8, 4) is 6.07 Å². The molecule has 0 aliphatic carbocycles. The summed E-state index contributed by atoms with van der Waals surface area (Å²) >= 11 is 0. The number of nitrogens with one attached hydrogen (secondary N) is 2. The first kappa shape index (κ1) is 29.9. The number of H-pyrrole nitrogens is 1. The monoisotopic (exact) mass is 581 g/mol. The lowest BCUT2D eigenvalue weighted by Crippen LogP contribution is -2.41. The molecule has 2 heterocycles. The van der Waals surface area contributed by atoms with E-state index < -0.39 is 11.6 Å². The summed E-state index contributed by atoms with van der Waals surface area (Å²) in [5, 5.41) is 15.1. The number of methoxy groups -OCH3 is 1. The molecule has 1 aromatic heterocycles. The molecule has 0 radical (unpaired) electrons. The van der Waals surface area contributed by atoms with Crippen LogP contribution in [0.1, 0.15) is 92.2 Å². The Morgan fingerprint density at radius 3 is 2.47 bits per heavy atom. The van der Waals surface area contributed by atoms with Gasteiger partial charge in [0.25, 0.3) is 0 Å². The molecule has 1 aliphatic rings. The number of ether oxygens (including phenoxy) is 2. The van der Waals surface area contributed by atoms with Crippen molar-refractivity contribution in [1.82, 2.24) is 14.9 Å². The van der Waals surface area contributed by atoms with Crippen LogP contribution >= 0.6 is 0 Å². The second kappa shape index (κ2) is 12.0. The fourth-order valence-corrected chi connectivity index (χ4v) is 5.77. The van der Waals surface area contributed by atoms with E-state index in [9.17, 15) is 14.9 Å². The Morgan fingerprint density at radius 1 is 1.14 bits per heavy atom. The number of aromatic nitrogens is 2. The number of carbonyl (C=O) groups is 2. The molecule has 0 atom stereocenters. The maximum absolute atomic E-state index is 13.4. The third-order valence-corrected chi connectivity index (χ3v) is 7.94. The van der Waals surface area contributed by atoms with Crippen molar-refractivity contribution >= 4 is 39.6 Å². The predicted molar refractivity (Wildman–Crippen MR) is 167 cm³/mol. The van der Waals surface area contributed by atoms with Gasteiger partial charge in [0.05, 0.1) is 29.9 Å². The molecule has 2 N–H and O–H groups in total. The maximum atomic E-state index is 13.4. The molecule has 1 fully saturated rings. The maximum Gasteiger partial charge on any atom is 0.410 e. The van der Waals surface area contributed by atoms with Gasteiger partial charge in [-0.2, -0.15) is 5.26 Å². The zero-order valence-corrected chi connectivity index (χ0v) is 25.7. The number of amides is 1. The number of nitriles is 1. The van der Waals surface area contributed by atoms with E-state index in [1.54, 1.807) is 4.90 Å². The van der Waals surface area contributed by atoms with Gasteiger partial charge in [0.2, 0.25) is 0 Å². The van der Waals surface area contributed by atoms with Crippen molar-refractivity contribution in [3.05, 3.63) is 70.5 Å². The quantitative estimate of drug-likeness (QED) is 0.231. The molecule has 1 saturated heterocycles. The van der Waals surface area contributed by atoms with Gasteiger partial charge in [-0.3, -0.25) is 0 Å². The van der Waals surface area contributed by atoms with Gasteiger partial charge in [0.15, 0.2) is 0 Å². The fourth-order valence-electron chi connectivity index (χ4n) is 5.77. The van der Waals surface area contributed by atoms with Crippen molar-refractivity contribution in [2.75, 3.05) is 25.5 Å². The molecule has 43 heavy (non-hydrogen) atoms. The molecule has 4 aromatic rings. The normalized spacial score (nSPS) is 14.2. The van der Waals surface area contributed by atoms with Crippen molar-refractivity contribution < 1.29 is 19.1 Å². The van der Waals surface area contributed by atoms with Crippen LogP contribution in [0, 0.1) is 11.3 Å². The third kappa shape index (κ3) is 6.14. The number of benzene rings is 3. The van der Waals surface area contributed by atoms with Crippen LogP contribution in [0.3, 0.4) is 0 Å². The van der Waals surface area contributed by atoms with Gasteiger partial charge >= 0.3 is 12.1 Å². The van der Waals surface area contributed by atoms with E-state index in [1.165, 1.54) is 7.11 Å². The van der Waals surface area contributed by atoms with Gasteiger partial charge in [-0.1, -0.05) is 44.2 Å². The second-order valence-corrected chi connectivity index (χ2v) is 12.4. The number of aromatic amines is 1. The number of imidazole rings is 1. The number of hydrogen-bond acceptors (Lipinski definition) is 7. The third-order valence-electron chi connectivity index (χ3n) is 7.94. The van der Waals surface area contributed by atoms with Crippen molar-refractivity contribution in [2.24, 2.45) is 0 Å². The highest BCUT2D eigenvalue weighted by atomic mass is 16.6. The fraction of sp³-hybridized carbons (Fsp3) is 0.412. The lowest BCUT2D eigenvalue weighted by Gasteiger charge is -2.34. The van der Waals surface area contributed by atoms with Gasteiger partial charge in [-0.15, -0.1) is 0 Å². The zero-order valence-electron chi connectivity index (χ0n) is 25.7. The zero-order chi connectivity index (χ0) is 30.9. The van der Waals surface area contributed by atoms with Crippen molar-refractivity contribution in [2.45, 2.75) is 71.4 Å². The summed E-state index contributed by atoms with van der Waals surface area (Å²) in [5.74, 6) is 0.547. The number of rotatable bonds is 6. The van der Waals surface area contributed by atoms with E-state index in [4.69, 9.17) is 14.5 Å². The number of fused-ring (bicyclic) bond motifs is 2. The Morgan fingerprint density at radius 2 is 1.84 bits per heavy atom. The highest BCUT2D eigenvalue weighted by Crippen LogP contribution is 2.40. The van der Waals surface area contributed by atoms with E-state index in [1.807, 2.05) is 57.2 Å². The number of piperidine rings is 1. The molecule has 0 spiro atoms. The van der Waals surface area contributed by atoms with Crippen LogP contribution in [0.15, 0.2) is 42.5 Å². The first-order valence-corrected chi connectivity index (χ1v) is 14.8. The number of hydrogen-bond donors (Lipinski definition) is 2. The summed E-state index contributed by atoms with van der Waals surface area (Å²) in [7, 11) is 1.38. The minimum atomic E-state index is -0.560. The molecule has 9 nitrogen and oxygen atoms in total. The number of esters is 1. The Kier molecular flexibility index (Phi) is 8.32. The summed E-state index contributed by atoms with van der Waals surface area (Å²) in [6.45, 7) is 11.2. The van der Waals surface area contributed by atoms with Crippen LogP contribution in [0.4, 0.5) is 10.5 Å². The lowest BCUT2D eigenvalue weighted by molar-refractivity contribution is 0.0205. The van der Waals surface area contributed by atoms with Crippen molar-refractivity contribution in [1.29, 1.82) is 5.26 Å². The van der Waals surface area contributed by atoms with Crippen molar-refractivity contribution in [3.63, 3.8) is 0 Å². The summed E-state index contributed by atoms with van der Waals surface area (Å²) < 4.78 is 10.9. The molecule has 224 valence electrons. The molecular formula is C34H39N5O4. The standard InChI is InChI=1S/C34H39N5O4/c1-20(2)31-37-27-17-26(21-13-15-39(16-14-21)33(41)43-34(3,4)5)29(28(30(27)38-31)32(40)42-6)36-19-23-12-11-22(18-35)24-9-7-8-10-25(23)24/h7-12,17,20-21,36H,13-16,19H2,1-6H3,(H,37,38). The average Bonchev–Trinajstić information content (AvgIpc) is 3.42. The van der Waals surface area contributed by atoms with Crippen LogP contribution in [0.2, 0.25) is 0 Å². The number of anilines is 1. The molecule has 9 heteroatoms. The Bertz CT molecular complexity index is 1720. The van der Waals surface area contributed by atoms with E-state index in [0.29, 0.717) is 54.8 Å². The molecule has 0 saturated carbocycles. The highest BCUT2D eigenvalue weighted by molar-refractivity contribution is 6.08. The van der Waals surface area contributed by atoms with Crippen LogP contribution in [-0.4, -0.2) is 52.7 Å². The van der Waals surface area contributed by atoms with Gasteiger partial charge < -0.3 is 24.7 Å². The Hall–Kier alpha value is -4.58. The minimum absolute atomic E-state index is 0.0810. The number of nitrogens with zero attached hydrogens (tertiary/aromatic N) is 3. The molecule has 0 unspecified atom stereocenters. The summed E-state index contributed by atoms with van der Waals surface area (Å²) in [4.78, 5) is 36.2. The molecule has 5 rings (SSSR count). The van der Waals surface area contributed by atoms with E-state index in [-0.39, 0.29) is 17.9 Å². The van der Waals surface area contributed by atoms with Crippen LogP contribution in [0.5, 0.6) is 0 Å². The van der Waals surface area contributed by atoms with E-state index in [0.717, 1.165) is 33.2 Å². The summed E-state index contributed by atoms with van der Waals surface area (Å²) in [6.07, 6.45) is 1.12. The number of likely N-dealkylation sites (tertiary alicyclic amines) is 1. The van der Waals surface area contributed by atoms with Crippen LogP contribution in [0.25, 0.3) is 21.8 Å². The van der Waals surface area contributed by atoms with E-state index in [2.05, 4.69) is 36.3 Å². The smallest absolute Gasteiger partial charge is 0.410 e. The molecular weight excluding hydrogens is 542 g/mol. The second-order valence-electron chi connectivity index (χ2n) is 12.4. The topological polar surface area (TPSA) is 120 Å². The van der Waals surface area contributed by atoms with Crippen LogP contribution < -0.4 is 5.32 Å². The lowest BCUT2D eigenvalue weighted by atomic mass is 9.86. The predicted octanol–water partition coefficient (Wildman–Crippen LogP) is 7.22. The SMILES string of the molecule is COC(=O)c1c(NCc2ccc(C#N)c3ccccc23)c(C2CCN(C(=O)OC(C)(C)C)CC2)cc2[nH]c(C(C)C)nc12. The van der Waals surface area contributed by atoms with Crippen LogP contribution in [-0.2, 0) is 16.0 Å². The molecule has 1 aliphatic heterocycles. The average molecular weight is 582 g/mol. The molecule has 0 bridgehead atoms. The minimum Gasteiger partial charge on any atom is -0.465 e. The highest BCUT2D eigenvalue weighted by Gasteiger charge is 2.32. The first-order chi connectivity index (χ1) is 20.5. The summed E-state index contributed by atoms with van der Waals surface area (Å²) in [6, 6.07) is 16.0. The van der Waals surface area contributed by atoms with Gasteiger partial charge in [-0.25, -0.2) is 14.6 Å². The molecule has 3 aromatic carbocycles.